The van der Waals surface area contributed by atoms with Gasteiger partial charge in [-0.1, -0.05) is 23.8 Å². The largest absolute Gasteiger partial charge is 0.376 e. The number of rotatable bonds is 4. The molecular formula is C19H22N2O2. The van der Waals surface area contributed by atoms with Gasteiger partial charge in [0.05, 0.1) is 11.7 Å². The molecule has 2 aromatic rings. The van der Waals surface area contributed by atoms with Crippen molar-refractivity contribution in [3.05, 3.63) is 53.3 Å². The smallest absolute Gasteiger partial charge is 0.252 e. The normalized spacial score (nSPS) is 17.2. The monoisotopic (exact) mass is 310 g/mol. The number of nitrogens with one attached hydrogen (secondary N) is 1. The molecule has 1 aromatic carbocycles. The van der Waals surface area contributed by atoms with Gasteiger partial charge in [-0.3, -0.25) is 9.78 Å². The number of ether oxygens (including phenoxy) is 1. The summed E-state index contributed by atoms with van der Waals surface area (Å²) < 4.78 is 5.53. The number of amides is 1. The lowest BCUT2D eigenvalue weighted by atomic mass is 9.99. The van der Waals surface area contributed by atoms with Gasteiger partial charge in [-0.25, -0.2) is 0 Å². The highest BCUT2D eigenvalue weighted by molar-refractivity contribution is 5.95. The van der Waals surface area contributed by atoms with Crippen molar-refractivity contribution >= 4 is 5.91 Å². The molecule has 0 radical (unpaired) electrons. The maximum Gasteiger partial charge on any atom is 0.252 e. The van der Waals surface area contributed by atoms with Crippen LogP contribution in [0.25, 0.3) is 11.1 Å². The third kappa shape index (κ3) is 3.77. The van der Waals surface area contributed by atoms with Gasteiger partial charge in [0.1, 0.15) is 0 Å². The maximum absolute atomic E-state index is 12.3. The third-order valence-electron chi connectivity index (χ3n) is 4.22. The molecule has 1 amide bonds. The Bertz CT molecular complexity index is 706. The predicted octanol–water partition coefficient (Wildman–Crippen LogP) is 3.27. The minimum absolute atomic E-state index is 0.0971. The van der Waals surface area contributed by atoms with Gasteiger partial charge in [-0.05, 0) is 43.9 Å². The lowest BCUT2D eigenvalue weighted by Gasteiger charge is -2.12. The van der Waals surface area contributed by atoms with Gasteiger partial charge in [0, 0.05) is 31.1 Å². The van der Waals surface area contributed by atoms with Crippen molar-refractivity contribution in [2.75, 3.05) is 13.2 Å². The minimum atomic E-state index is -0.0971. The molecule has 1 aliphatic rings. The molecule has 0 unspecified atom stereocenters. The van der Waals surface area contributed by atoms with E-state index in [9.17, 15) is 4.79 Å². The van der Waals surface area contributed by atoms with Gasteiger partial charge < -0.3 is 10.1 Å². The van der Waals surface area contributed by atoms with E-state index >= 15 is 0 Å². The Kier molecular flexibility index (Phi) is 4.72. The maximum atomic E-state index is 12.3. The van der Waals surface area contributed by atoms with Gasteiger partial charge in [-0.15, -0.1) is 0 Å². The molecule has 1 fully saturated rings. The Labute approximate surface area is 136 Å². The van der Waals surface area contributed by atoms with Crippen LogP contribution in [0.5, 0.6) is 0 Å². The van der Waals surface area contributed by atoms with E-state index in [2.05, 4.69) is 42.3 Å². The summed E-state index contributed by atoms with van der Waals surface area (Å²) in [4.78, 5) is 16.6. The number of nitrogens with zero attached hydrogens (tertiary/aromatic N) is 1. The van der Waals surface area contributed by atoms with Crippen LogP contribution in [0.2, 0.25) is 0 Å². The van der Waals surface area contributed by atoms with Gasteiger partial charge in [0.2, 0.25) is 0 Å². The molecule has 0 saturated carbocycles. The topological polar surface area (TPSA) is 51.2 Å². The highest BCUT2D eigenvalue weighted by Crippen LogP contribution is 2.24. The van der Waals surface area contributed by atoms with Crippen LogP contribution < -0.4 is 5.32 Å². The summed E-state index contributed by atoms with van der Waals surface area (Å²) in [6.07, 6.45) is 5.65. The van der Waals surface area contributed by atoms with Gasteiger partial charge in [-0.2, -0.15) is 0 Å². The summed E-state index contributed by atoms with van der Waals surface area (Å²) in [6.45, 7) is 5.49. The highest BCUT2D eigenvalue weighted by Gasteiger charge is 2.17. The van der Waals surface area contributed by atoms with Gasteiger partial charge in [0.15, 0.2) is 0 Å². The molecule has 0 spiro atoms. The molecule has 1 aliphatic heterocycles. The molecule has 4 nitrogen and oxygen atoms in total. The van der Waals surface area contributed by atoms with Crippen LogP contribution in [0.15, 0.2) is 36.7 Å². The highest BCUT2D eigenvalue weighted by atomic mass is 16.5. The second kappa shape index (κ2) is 6.92. The molecule has 1 aromatic heterocycles. The van der Waals surface area contributed by atoms with Crippen molar-refractivity contribution in [1.29, 1.82) is 0 Å². The number of hydrogen-bond donors (Lipinski definition) is 1. The van der Waals surface area contributed by atoms with Gasteiger partial charge >= 0.3 is 0 Å². The molecule has 3 rings (SSSR count). The van der Waals surface area contributed by atoms with E-state index in [4.69, 9.17) is 4.74 Å². The fourth-order valence-electron chi connectivity index (χ4n) is 2.87. The zero-order chi connectivity index (χ0) is 16.2. The van der Waals surface area contributed by atoms with Crippen molar-refractivity contribution in [3.8, 4) is 11.1 Å². The van der Waals surface area contributed by atoms with Crippen molar-refractivity contribution in [2.24, 2.45) is 0 Å². The molecule has 4 heteroatoms. The lowest BCUT2D eigenvalue weighted by Crippen LogP contribution is -2.31. The second-order valence-electron chi connectivity index (χ2n) is 6.13. The number of carbonyl (C=O) groups excluding carboxylic acids is 1. The van der Waals surface area contributed by atoms with Crippen LogP contribution in [0.1, 0.15) is 34.3 Å². The number of aryl methyl sites for hydroxylation is 2. The van der Waals surface area contributed by atoms with Crippen LogP contribution >= 0.6 is 0 Å². The number of aromatic nitrogens is 1. The van der Waals surface area contributed by atoms with Crippen LogP contribution in [0.4, 0.5) is 0 Å². The Morgan fingerprint density at radius 1 is 1.30 bits per heavy atom. The van der Waals surface area contributed by atoms with Crippen molar-refractivity contribution in [3.63, 3.8) is 0 Å². The zero-order valence-electron chi connectivity index (χ0n) is 13.6. The van der Waals surface area contributed by atoms with Crippen molar-refractivity contribution in [1.82, 2.24) is 10.3 Å². The Balaban J connectivity index is 1.76. The molecular weight excluding hydrogens is 288 g/mol. The molecule has 1 N–H and O–H groups in total. The van der Waals surface area contributed by atoms with E-state index in [-0.39, 0.29) is 12.0 Å². The first-order valence-corrected chi connectivity index (χ1v) is 8.06. The zero-order valence-corrected chi connectivity index (χ0v) is 13.6. The third-order valence-corrected chi connectivity index (χ3v) is 4.22. The van der Waals surface area contributed by atoms with Crippen molar-refractivity contribution < 1.29 is 9.53 Å². The van der Waals surface area contributed by atoms with Crippen LogP contribution in [0.3, 0.4) is 0 Å². The summed E-state index contributed by atoms with van der Waals surface area (Å²) in [5, 5.41) is 2.94. The van der Waals surface area contributed by atoms with E-state index in [1.807, 2.05) is 6.07 Å². The predicted molar refractivity (Wildman–Crippen MR) is 90.5 cm³/mol. The standard InChI is InChI=1S/C19H22N2O2/c1-13-5-6-14(2)18(8-13)15-9-16(11-20-10-15)19(22)21-12-17-4-3-7-23-17/h5-6,8-11,17H,3-4,7,12H2,1-2H3,(H,21,22)/t17-/m1/s1. The van der Waals surface area contributed by atoms with Crippen LogP contribution in [0, 0.1) is 13.8 Å². The summed E-state index contributed by atoms with van der Waals surface area (Å²) in [6, 6.07) is 8.21. The summed E-state index contributed by atoms with van der Waals surface area (Å²) >= 11 is 0. The lowest BCUT2D eigenvalue weighted by molar-refractivity contribution is 0.0857. The molecule has 120 valence electrons. The molecule has 23 heavy (non-hydrogen) atoms. The van der Waals surface area contributed by atoms with E-state index in [1.54, 1.807) is 12.4 Å². The summed E-state index contributed by atoms with van der Waals surface area (Å²) in [7, 11) is 0. The second-order valence-corrected chi connectivity index (χ2v) is 6.13. The first-order chi connectivity index (χ1) is 11.1. The average Bonchev–Trinajstić information content (AvgIpc) is 3.08. The Morgan fingerprint density at radius 2 is 2.17 bits per heavy atom. The molecule has 2 heterocycles. The molecule has 1 saturated heterocycles. The minimum Gasteiger partial charge on any atom is -0.376 e. The Hall–Kier alpha value is -2.20. The molecule has 0 bridgehead atoms. The van der Waals surface area contributed by atoms with E-state index in [0.29, 0.717) is 12.1 Å². The Morgan fingerprint density at radius 3 is 2.96 bits per heavy atom. The van der Waals surface area contributed by atoms with E-state index in [0.717, 1.165) is 30.6 Å². The summed E-state index contributed by atoms with van der Waals surface area (Å²) in [5.41, 5.74) is 5.04. The van der Waals surface area contributed by atoms with Crippen LogP contribution in [-0.4, -0.2) is 30.1 Å². The average molecular weight is 310 g/mol. The fourth-order valence-corrected chi connectivity index (χ4v) is 2.87. The quantitative estimate of drug-likeness (QED) is 0.943. The first kappa shape index (κ1) is 15.7. The SMILES string of the molecule is Cc1ccc(C)c(-c2cncc(C(=O)NC[C@H]3CCCO3)c2)c1. The van der Waals surface area contributed by atoms with E-state index in [1.165, 1.54) is 11.1 Å². The van der Waals surface area contributed by atoms with Crippen molar-refractivity contribution in [2.45, 2.75) is 32.8 Å². The number of pyridine rings is 1. The fraction of sp³-hybridized carbons (Fsp3) is 0.368. The molecule has 1 atom stereocenters. The molecule has 0 aliphatic carbocycles. The van der Waals surface area contributed by atoms with Crippen LogP contribution in [-0.2, 0) is 4.74 Å². The van der Waals surface area contributed by atoms with Gasteiger partial charge in [0.25, 0.3) is 5.91 Å². The summed E-state index contributed by atoms with van der Waals surface area (Å²) in [5.74, 6) is -0.0971. The number of benzene rings is 1. The number of carbonyl (C=O) groups is 1. The number of hydrogen-bond acceptors (Lipinski definition) is 3. The van der Waals surface area contributed by atoms with E-state index < -0.39 is 0 Å². The first-order valence-electron chi connectivity index (χ1n) is 8.06.